The minimum absolute atomic E-state index is 0.300. The van der Waals surface area contributed by atoms with Gasteiger partial charge in [-0.15, -0.1) is 0 Å². The summed E-state index contributed by atoms with van der Waals surface area (Å²) in [5.74, 6) is -0.648. The zero-order valence-corrected chi connectivity index (χ0v) is 12.8. The Bertz CT molecular complexity index is 489. The molecule has 3 nitrogen and oxygen atoms in total. The average molecular weight is 402 g/mol. The van der Waals surface area contributed by atoms with E-state index < -0.39 is 9.65 Å². The van der Waals surface area contributed by atoms with Crippen molar-refractivity contribution in [1.29, 1.82) is 0 Å². The standard InChI is InChI=1S/C10H5Br2Cl2NO2/c11-7-8(12)10(17)15(9(7)16)4-1-2-5(13)6(14)3-4/h1-3,7-8H. The van der Waals surface area contributed by atoms with Gasteiger partial charge in [-0.1, -0.05) is 55.1 Å². The number of halogens is 4. The summed E-state index contributed by atoms with van der Waals surface area (Å²) in [6.45, 7) is 0. The molecule has 1 saturated heterocycles. The molecule has 2 unspecified atom stereocenters. The zero-order chi connectivity index (χ0) is 12.7. The average Bonchev–Trinajstić information content (AvgIpc) is 2.48. The van der Waals surface area contributed by atoms with E-state index >= 15 is 0 Å². The molecule has 1 fully saturated rings. The summed E-state index contributed by atoms with van der Waals surface area (Å²) < 4.78 is 0. The molecule has 0 N–H and O–H groups in total. The van der Waals surface area contributed by atoms with Gasteiger partial charge in [0.25, 0.3) is 0 Å². The molecule has 0 bridgehead atoms. The fraction of sp³-hybridized carbons (Fsp3) is 0.200. The predicted molar refractivity (Wildman–Crippen MR) is 74.4 cm³/mol. The van der Waals surface area contributed by atoms with E-state index in [0.29, 0.717) is 15.7 Å². The van der Waals surface area contributed by atoms with Crippen LogP contribution in [0.15, 0.2) is 18.2 Å². The highest BCUT2D eigenvalue weighted by molar-refractivity contribution is 9.12. The van der Waals surface area contributed by atoms with Crippen molar-refractivity contribution in [3.8, 4) is 0 Å². The number of carbonyl (C=O) groups is 2. The number of hydrogen-bond acceptors (Lipinski definition) is 2. The summed E-state index contributed by atoms with van der Waals surface area (Å²) in [5, 5.41) is 0.675. The Balaban J connectivity index is 2.43. The second kappa shape index (κ2) is 4.88. The number of hydrogen-bond donors (Lipinski definition) is 0. The van der Waals surface area contributed by atoms with E-state index in [2.05, 4.69) is 31.9 Å². The molecule has 0 aromatic heterocycles. The van der Waals surface area contributed by atoms with Crippen LogP contribution in [0.5, 0.6) is 0 Å². The molecule has 17 heavy (non-hydrogen) atoms. The van der Waals surface area contributed by atoms with Gasteiger partial charge in [-0.2, -0.15) is 0 Å². The van der Waals surface area contributed by atoms with Crippen molar-refractivity contribution in [3.63, 3.8) is 0 Å². The Morgan fingerprint density at radius 2 is 1.53 bits per heavy atom. The Labute approximate surface area is 124 Å². The normalized spacial score (nSPS) is 24.6. The third-order valence-electron chi connectivity index (χ3n) is 2.33. The quantitative estimate of drug-likeness (QED) is 0.534. The van der Waals surface area contributed by atoms with Crippen LogP contribution in [0.25, 0.3) is 0 Å². The first-order valence-corrected chi connectivity index (χ1v) is 7.13. The third-order valence-corrected chi connectivity index (χ3v) is 5.62. The lowest BCUT2D eigenvalue weighted by molar-refractivity contribution is -0.121. The van der Waals surface area contributed by atoms with Gasteiger partial charge in [0.05, 0.1) is 15.7 Å². The van der Waals surface area contributed by atoms with Gasteiger partial charge < -0.3 is 0 Å². The van der Waals surface area contributed by atoms with Crippen LogP contribution in [0.1, 0.15) is 0 Å². The van der Waals surface area contributed by atoms with E-state index in [1.807, 2.05) is 0 Å². The van der Waals surface area contributed by atoms with Gasteiger partial charge >= 0.3 is 0 Å². The van der Waals surface area contributed by atoms with Crippen LogP contribution < -0.4 is 4.90 Å². The lowest BCUT2D eigenvalue weighted by atomic mass is 10.3. The molecule has 1 aromatic carbocycles. The minimum Gasteiger partial charge on any atom is -0.273 e. The molecule has 0 radical (unpaired) electrons. The summed E-state index contributed by atoms with van der Waals surface area (Å²) in [6, 6.07) is 4.61. The van der Waals surface area contributed by atoms with E-state index in [9.17, 15) is 9.59 Å². The fourth-order valence-electron chi connectivity index (χ4n) is 1.48. The van der Waals surface area contributed by atoms with Crippen molar-refractivity contribution in [2.75, 3.05) is 4.90 Å². The summed E-state index contributed by atoms with van der Waals surface area (Å²) >= 11 is 18.0. The molecule has 0 spiro atoms. The summed E-state index contributed by atoms with van der Waals surface area (Å²) in [5.41, 5.74) is 0.417. The largest absolute Gasteiger partial charge is 0.273 e. The molecular weight excluding hydrogens is 397 g/mol. The highest BCUT2D eigenvalue weighted by Gasteiger charge is 2.45. The van der Waals surface area contributed by atoms with E-state index in [1.54, 1.807) is 12.1 Å². The number of imide groups is 1. The van der Waals surface area contributed by atoms with Crippen LogP contribution >= 0.6 is 55.1 Å². The number of alkyl halides is 2. The summed E-state index contributed by atoms with van der Waals surface area (Å²) in [7, 11) is 0. The van der Waals surface area contributed by atoms with Crippen molar-refractivity contribution in [3.05, 3.63) is 28.2 Å². The van der Waals surface area contributed by atoms with Gasteiger partial charge in [-0.25, -0.2) is 4.90 Å². The molecule has 1 aliphatic rings. The minimum atomic E-state index is -0.565. The SMILES string of the molecule is O=C1C(Br)C(Br)C(=O)N1c1ccc(Cl)c(Cl)c1. The zero-order valence-electron chi connectivity index (χ0n) is 8.16. The van der Waals surface area contributed by atoms with Crippen molar-refractivity contribution in [2.24, 2.45) is 0 Å². The first-order chi connectivity index (χ1) is 7.93. The topological polar surface area (TPSA) is 37.4 Å². The van der Waals surface area contributed by atoms with Gasteiger partial charge in [0.1, 0.15) is 9.65 Å². The Kier molecular flexibility index (Phi) is 3.83. The molecule has 1 aromatic rings. The molecule has 0 aliphatic carbocycles. The summed E-state index contributed by atoms with van der Waals surface area (Å²) in [4.78, 5) is 23.7. The van der Waals surface area contributed by atoms with Gasteiger partial charge in [-0.3, -0.25) is 9.59 Å². The number of nitrogens with zero attached hydrogens (tertiary/aromatic N) is 1. The molecule has 2 rings (SSSR count). The molecule has 1 heterocycles. The highest BCUT2D eigenvalue weighted by Crippen LogP contribution is 2.34. The second-order valence-electron chi connectivity index (χ2n) is 3.41. The molecule has 0 saturated carbocycles. The summed E-state index contributed by atoms with van der Waals surface area (Å²) in [6.07, 6.45) is 0. The van der Waals surface area contributed by atoms with E-state index in [4.69, 9.17) is 23.2 Å². The first kappa shape index (κ1) is 13.3. The maximum absolute atomic E-state index is 11.9. The fourth-order valence-corrected chi connectivity index (χ4v) is 2.64. The van der Waals surface area contributed by atoms with E-state index in [0.717, 1.165) is 4.90 Å². The number of amides is 2. The monoisotopic (exact) mass is 399 g/mol. The van der Waals surface area contributed by atoms with Crippen LogP contribution in [0.3, 0.4) is 0 Å². The second-order valence-corrected chi connectivity index (χ2v) is 6.20. The maximum atomic E-state index is 11.9. The van der Waals surface area contributed by atoms with Crippen LogP contribution in [-0.2, 0) is 9.59 Å². The molecule has 7 heteroatoms. The maximum Gasteiger partial charge on any atom is 0.249 e. The van der Waals surface area contributed by atoms with Gasteiger partial charge in [0.15, 0.2) is 0 Å². The molecule has 2 amide bonds. The lowest BCUT2D eigenvalue weighted by Crippen LogP contribution is -2.31. The van der Waals surface area contributed by atoms with Gasteiger partial charge in [-0.05, 0) is 18.2 Å². The number of benzene rings is 1. The van der Waals surface area contributed by atoms with Crippen LogP contribution in [0.4, 0.5) is 5.69 Å². The van der Waals surface area contributed by atoms with Gasteiger partial charge in [0.2, 0.25) is 11.8 Å². The number of anilines is 1. The Hall–Kier alpha value is -0.100. The van der Waals surface area contributed by atoms with E-state index in [1.165, 1.54) is 6.07 Å². The third kappa shape index (κ3) is 2.26. The highest BCUT2D eigenvalue weighted by atomic mass is 79.9. The number of rotatable bonds is 1. The van der Waals surface area contributed by atoms with Crippen molar-refractivity contribution < 1.29 is 9.59 Å². The van der Waals surface area contributed by atoms with Crippen molar-refractivity contribution in [1.82, 2.24) is 0 Å². The van der Waals surface area contributed by atoms with Crippen LogP contribution in [-0.4, -0.2) is 21.5 Å². The molecule has 1 aliphatic heterocycles. The van der Waals surface area contributed by atoms with Crippen LogP contribution in [0, 0.1) is 0 Å². The van der Waals surface area contributed by atoms with E-state index in [-0.39, 0.29) is 11.8 Å². The van der Waals surface area contributed by atoms with Crippen molar-refractivity contribution in [2.45, 2.75) is 9.65 Å². The Morgan fingerprint density at radius 3 is 2.00 bits per heavy atom. The van der Waals surface area contributed by atoms with Crippen LogP contribution in [0.2, 0.25) is 10.0 Å². The molecule has 90 valence electrons. The Morgan fingerprint density at radius 1 is 1.00 bits per heavy atom. The predicted octanol–water partition coefficient (Wildman–Crippen LogP) is 3.39. The van der Waals surface area contributed by atoms with Gasteiger partial charge in [0, 0.05) is 0 Å². The molecule has 2 atom stereocenters. The lowest BCUT2D eigenvalue weighted by Gasteiger charge is -2.14. The smallest absolute Gasteiger partial charge is 0.249 e. The van der Waals surface area contributed by atoms with Crippen molar-refractivity contribution >= 4 is 72.6 Å². The number of carbonyl (C=O) groups excluding carboxylic acids is 2. The first-order valence-electron chi connectivity index (χ1n) is 4.54. The molecular formula is C10H5Br2Cl2NO2.